The van der Waals surface area contributed by atoms with E-state index in [0.717, 1.165) is 16.8 Å². The van der Waals surface area contributed by atoms with E-state index in [9.17, 15) is 22.9 Å². The van der Waals surface area contributed by atoms with E-state index in [1.807, 2.05) is 24.3 Å². The molecule has 1 atom stereocenters. The van der Waals surface area contributed by atoms with Crippen LogP contribution in [-0.2, 0) is 29.4 Å². The summed E-state index contributed by atoms with van der Waals surface area (Å²) in [5.41, 5.74) is -0.0120. The number of carbonyl (C=O) groups is 2. The van der Waals surface area contributed by atoms with Gasteiger partial charge in [0.25, 0.3) is 0 Å². The first-order chi connectivity index (χ1) is 20.7. The molecule has 0 spiro atoms. The molecule has 1 unspecified atom stereocenters. The molecule has 0 aliphatic heterocycles. The maximum atomic E-state index is 14.0. The molecule has 0 aliphatic rings. The second-order valence-corrected chi connectivity index (χ2v) is 11.1. The number of hydrogen-bond acceptors (Lipinski definition) is 8. The maximum Gasteiger partial charge on any atom is 0.474 e. The normalized spacial score (nSPS) is 12.1. The van der Waals surface area contributed by atoms with Crippen molar-refractivity contribution in [1.29, 1.82) is 0 Å². The summed E-state index contributed by atoms with van der Waals surface area (Å²) in [5.74, 6) is -1.76. The third-order valence-corrected chi connectivity index (χ3v) is 8.00. The van der Waals surface area contributed by atoms with Gasteiger partial charge in [-0.2, -0.15) is 0 Å². The fourth-order valence-electron chi connectivity index (χ4n) is 4.09. The van der Waals surface area contributed by atoms with Crippen molar-refractivity contribution in [2.24, 2.45) is 0 Å². The Kier molecular flexibility index (Phi) is 13.3. The van der Waals surface area contributed by atoms with E-state index in [4.69, 9.17) is 18.3 Å². The number of nitrogens with zero attached hydrogens (tertiary/aromatic N) is 2. The molecule has 1 aromatic heterocycles. The van der Waals surface area contributed by atoms with Crippen molar-refractivity contribution in [3.05, 3.63) is 71.9 Å². The van der Waals surface area contributed by atoms with Crippen LogP contribution in [0.25, 0.3) is 10.8 Å². The molecular formula is C29H37F2N4O7P. The van der Waals surface area contributed by atoms with Crippen LogP contribution in [0.1, 0.15) is 38.7 Å². The predicted octanol–water partition coefficient (Wildman–Crippen LogP) is 6.64. The molecule has 0 saturated heterocycles. The number of carbonyl (C=O) groups excluding carboxylic acids is 2. The lowest BCUT2D eigenvalue weighted by molar-refractivity contribution is 0.107. The molecule has 11 nitrogen and oxygen atoms in total. The van der Waals surface area contributed by atoms with Gasteiger partial charge in [-0.1, -0.05) is 36.4 Å². The predicted molar refractivity (Wildman–Crippen MR) is 158 cm³/mol. The number of phosphoric acid groups is 1. The highest BCUT2D eigenvalue weighted by atomic mass is 31.2. The fourth-order valence-corrected chi connectivity index (χ4v) is 5.29. The quantitative estimate of drug-likeness (QED) is 0.134. The van der Waals surface area contributed by atoms with Crippen LogP contribution in [0, 0.1) is 11.6 Å². The molecule has 0 radical (unpaired) electrons. The molecule has 43 heavy (non-hydrogen) atoms. The number of halogens is 2. The lowest BCUT2D eigenvalue weighted by Gasteiger charge is -2.28. The van der Waals surface area contributed by atoms with Crippen molar-refractivity contribution in [1.82, 2.24) is 15.2 Å². The number of benzene rings is 2. The summed E-state index contributed by atoms with van der Waals surface area (Å²) in [6, 6.07) is 11.8. The molecule has 2 N–H and O–H groups in total. The van der Waals surface area contributed by atoms with Crippen LogP contribution in [0.15, 0.2) is 54.7 Å². The molecule has 0 fully saturated rings. The minimum absolute atomic E-state index is 0.0120. The minimum Gasteiger partial charge on any atom is -0.447 e. The van der Waals surface area contributed by atoms with Crippen LogP contribution in [0.3, 0.4) is 0 Å². The molecule has 2 aromatic carbocycles. The first kappa shape index (κ1) is 33.9. The third kappa shape index (κ3) is 10.5. The average molecular weight is 623 g/mol. The number of phosphoric ester groups is 1. The van der Waals surface area contributed by atoms with Crippen LogP contribution in [0.2, 0.25) is 0 Å². The zero-order valence-electron chi connectivity index (χ0n) is 24.4. The SMILES string of the molecule is CCOP(=O)(OCC)OCCCCC(COC(=O)Nc1cc2ccccc2cn1)N(C)C(=O)NCc1cccc(F)c1F. The topological polar surface area (TPSA) is 128 Å². The van der Waals surface area contributed by atoms with Crippen LogP contribution in [-0.4, -0.2) is 61.5 Å². The van der Waals surface area contributed by atoms with E-state index in [2.05, 4.69) is 15.6 Å². The highest BCUT2D eigenvalue weighted by Crippen LogP contribution is 2.49. The van der Waals surface area contributed by atoms with Crippen molar-refractivity contribution in [3.63, 3.8) is 0 Å². The number of hydrogen-bond donors (Lipinski definition) is 2. The van der Waals surface area contributed by atoms with Crippen molar-refractivity contribution in [2.45, 2.75) is 45.7 Å². The van der Waals surface area contributed by atoms with E-state index in [0.29, 0.717) is 25.1 Å². The number of urea groups is 1. The molecule has 3 rings (SSSR count). The molecule has 3 amide bonds. The Bertz CT molecular complexity index is 1400. The summed E-state index contributed by atoms with van der Waals surface area (Å²) in [6.45, 7) is 3.33. The summed E-state index contributed by atoms with van der Waals surface area (Å²) in [4.78, 5) is 31.0. The van der Waals surface area contributed by atoms with Crippen LogP contribution >= 0.6 is 7.82 Å². The Morgan fingerprint density at radius 2 is 1.72 bits per heavy atom. The molecule has 14 heteroatoms. The largest absolute Gasteiger partial charge is 0.474 e. The number of aromatic nitrogens is 1. The van der Waals surface area contributed by atoms with Gasteiger partial charge in [0.2, 0.25) is 0 Å². The maximum absolute atomic E-state index is 14.0. The van der Waals surface area contributed by atoms with Crippen LogP contribution in [0.5, 0.6) is 0 Å². The Labute approximate surface area is 249 Å². The molecule has 0 bridgehead atoms. The minimum atomic E-state index is -3.65. The van der Waals surface area contributed by atoms with Crippen molar-refractivity contribution in [2.75, 3.05) is 38.8 Å². The number of ether oxygens (including phenoxy) is 1. The first-order valence-electron chi connectivity index (χ1n) is 13.9. The summed E-state index contributed by atoms with van der Waals surface area (Å²) >= 11 is 0. The first-order valence-corrected chi connectivity index (χ1v) is 15.4. The van der Waals surface area contributed by atoms with Gasteiger partial charge < -0.3 is 15.0 Å². The Hall–Kier alpha value is -3.64. The summed E-state index contributed by atoms with van der Waals surface area (Å²) in [7, 11) is -2.15. The van der Waals surface area contributed by atoms with Crippen LogP contribution < -0.4 is 10.6 Å². The molecular weight excluding hydrogens is 585 g/mol. The van der Waals surface area contributed by atoms with Gasteiger partial charge in [0.1, 0.15) is 12.4 Å². The summed E-state index contributed by atoms with van der Waals surface area (Å²) in [6.07, 6.45) is 2.18. The van der Waals surface area contributed by atoms with Gasteiger partial charge in [0.15, 0.2) is 11.6 Å². The Balaban J connectivity index is 1.59. The summed E-state index contributed by atoms with van der Waals surface area (Å²) < 4.78 is 61.1. The van der Waals surface area contributed by atoms with E-state index in [-0.39, 0.29) is 38.5 Å². The van der Waals surface area contributed by atoms with Gasteiger partial charge in [-0.05, 0) is 50.6 Å². The Morgan fingerprint density at radius 1 is 1.00 bits per heavy atom. The zero-order chi connectivity index (χ0) is 31.2. The van der Waals surface area contributed by atoms with Gasteiger partial charge in [-0.3, -0.25) is 18.9 Å². The molecule has 3 aromatic rings. The van der Waals surface area contributed by atoms with Crippen LogP contribution in [0.4, 0.5) is 24.2 Å². The van der Waals surface area contributed by atoms with E-state index >= 15 is 0 Å². The van der Waals surface area contributed by atoms with E-state index in [1.165, 1.54) is 24.1 Å². The number of unbranched alkanes of at least 4 members (excludes halogenated alkanes) is 1. The average Bonchev–Trinajstić information content (AvgIpc) is 2.99. The number of likely N-dealkylation sites (N-methyl/N-ethyl adjacent to an activating group) is 1. The molecule has 0 saturated carbocycles. The number of nitrogens with one attached hydrogen (secondary N) is 2. The number of rotatable bonds is 16. The number of fused-ring (bicyclic) bond motifs is 1. The third-order valence-electron chi connectivity index (χ3n) is 6.35. The van der Waals surface area contributed by atoms with E-state index in [1.54, 1.807) is 26.1 Å². The standard InChI is InChI=1S/C29H37F2N4O7P/c1-4-40-43(38,41-5-2)42-16-9-8-14-24(35(3)28(36)33-19-23-13-10-15-25(30)27(23)31)20-39-29(37)34-26-17-21-11-6-7-12-22(21)18-32-26/h6-7,10-13,15,17-18,24H,4-5,8-9,14,16,19-20H2,1-3H3,(H,33,36)(H,32,34,37). The van der Waals surface area contributed by atoms with Crippen molar-refractivity contribution >= 4 is 36.5 Å². The second kappa shape index (κ2) is 16.9. The smallest absolute Gasteiger partial charge is 0.447 e. The van der Waals surface area contributed by atoms with Gasteiger partial charge in [0.05, 0.1) is 25.9 Å². The number of pyridine rings is 1. The monoisotopic (exact) mass is 622 g/mol. The van der Waals surface area contributed by atoms with Crippen molar-refractivity contribution in [3.8, 4) is 0 Å². The lowest BCUT2D eigenvalue weighted by atomic mass is 10.1. The van der Waals surface area contributed by atoms with Gasteiger partial charge in [-0.25, -0.2) is 27.9 Å². The zero-order valence-corrected chi connectivity index (χ0v) is 25.3. The molecule has 1 heterocycles. The summed E-state index contributed by atoms with van der Waals surface area (Å²) in [5, 5.41) is 6.94. The second-order valence-electron chi connectivity index (χ2n) is 9.39. The fraction of sp³-hybridized carbons (Fsp3) is 0.414. The molecule has 234 valence electrons. The van der Waals surface area contributed by atoms with E-state index < -0.39 is 37.6 Å². The van der Waals surface area contributed by atoms with Gasteiger partial charge >= 0.3 is 19.9 Å². The number of amides is 3. The Morgan fingerprint density at radius 3 is 2.44 bits per heavy atom. The number of anilines is 1. The molecule has 0 aliphatic carbocycles. The van der Waals surface area contributed by atoms with Gasteiger partial charge in [-0.15, -0.1) is 0 Å². The van der Waals surface area contributed by atoms with Gasteiger partial charge in [0, 0.05) is 30.7 Å². The lowest BCUT2D eigenvalue weighted by Crippen LogP contribution is -2.46. The highest BCUT2D eigenvalue weighted by Gasteiger charge is 2.26. The van der Waals surface area contributed by atoms with Crippen molar-refractivity contribution < 1.29 is 41.2 Å². The highest BCUT2D eigenvalue weighted by molar-refractivity contribution is 7.48.